The largest absolute Gasteiger partial charge is 0.550 e. The number of carbonyl (C=O) groups is 1. The minimum atomic E-state index is -3.44. The Morgan fingerprint density at radius 1 is 1.16 bits per heavy atom. The average Bonchev–Trinajstić information content (AvgIpc) is 2.38. The zero-order valence-corrected chi connectivity index (χ0v) is 11.9. The maximum atomic E-state index is 12.2. The van der Waals surface area contributed by atoms with Gasteiger partial charge in [0.05, 0.1) is 4.90 Å². The van der Waals surface area contributed by atoms with Crippen LogP contribution >= 0.6 is 0 Å². The molecule has 1 aromatic carbocycles. The molecule has 0 heterocycles. The van der Waals surface area contributed by atoms with Crippen molar-refractivity contribution in [1.82, 2.24) is 4.31 Å². The summed E-state index contributed by atoms with van der Waals surface area (Å²) >= 11 is 0. The molecule has 0 spiro atoms. The van der Waals surface area contributed by atoms with Crippen molar-refractivity contribution in [1.29, 1.82) is 0 Å². The normalized spacial score (nSPS) is 11.7. The topological polar surface area (TPSA) is 77.5 Å². The molecule has 1 aromatic rings. The number of hydrogen-bond acceptors (Lipinski definition) is 4. The summed E-state index contributed by atoms with van der Waals surface area (Å²) in [6, 6.07) is 6.30. The molecule has 0 saturated carbocycles. The highest BCUT2D eigenvalue weighted by atomic mass is 32.2. The van der Waals surface area contributed by atoms with Gasteiger partial charge in [-0.25, -0.2) is 8.42 Å². The first-order valence-electron chi connectivity index (χ1n) is 6.20. The highest BCUT2D eigenvalue weighted by Gasteiger charge is 2.20. The summed E-state index contributed by atoms with van der Waals surface area (Å²) in [4.78, 5) is 10.6. The van der Waals surface area contributed by atoms with Gasteiger partial charge in [-0.15, -0.1) is 0 Å². The molecule has 0 unspecified atom stereocenters. The van der Waals surface area contributed by atoms with E-state index < -0.39 is 16.0 Å². The molecule has 0 atom stereocenters. The van der Waals surface area contributed by atoms with Gasteiger partial charge in [-0.1, -0.05) is 26.0 Å². The summed E-state index contributed by atoms with van der Waals surface area (Å²) in [6.07, 6.45) is 0.274. The number of nitrogens with zero attached hydrogens (tertiary/aromatic N) is 1. The van der Waals surface area contributed by atoms with E-state index in [1.165, 1.54) is 16.4 Å². The predicted octanol–water partition coefficient (Wildman–Crippen LogP) is 0.400. The van der Waals surface area contributed by atoms with Gasteiger partial charge in [0.15, 0.2) is 0 Å². The minimum absolute atomic E-state index is 0.0673. The fourth-order valence-electron chi connectivity index (χ4n) is 1.79. The van der Waals surface area contributed by atoms with Crippen LogP contribution in [-0.4, -0.2) is 31.8 Å². The molecule has 1 rings (SSSR count). The first-order valence-corrected chi connectivity index (χ1v) is 7.64. The van der Waals surface area contributed by atoms with Crippen molar-refractivity contribution in [2.75, 3.05) is 13.1 Å². The number of carboxylic acid groups (broad SMARTS) is 1. The summed E-state index contributed by atoms with van der Waals surface area (Å²) in [5, 5.41) is 10.4. The molecule has 0 bridgehead atoms. The summed E-state index contributed by atoms with van der Waals surface area (Å²) in [7, 11) is -3.44. The van der Waals surface area contributed by atoms with Gasteiger partial charge in [-0.05, 0) is 30.5 Å². The number of hydrogen-bond donors (Lipinski definition) is 0. The number of rotatable bonds is 7. The van der Waals surface area contributed by atoms with Crippen molar-refractivity contribution in [3.05, 3.63) is 29.8 Å². The third-order valence-electron chi connectivity index (χ3n) is 2.88. The molecule has 106 valence electrons. The predicted molar refractivity (Wildman–Crippen MR) is 69.9 cm³/mol. The summed E-state index contributed by atoms with van der Waals surface area (Å²) < 4.78 is 25.8. The molecule has 19 heavy (non-hydrogen) atoms. The van der Waals surface area contributed by atoms with Crippen LogP contribution in [0.2, 0.25) is 0 Å². The summed E-state index contributed by atoms with van der Waals surface area (Å²) in [5.74, 6) is -1.11. The molecule has 0 N–H and O–H groups in total. The van der Waals surface area contributed by atoms with Crippen molar-refractivity contribution in [3.8, 4) is 0 Å². The van der Waals surface area contributed by atoms with Gasteiger partial charge in [-0.3, -0.25) is 0 Å². The second-order valence-electron chi connectivity index (χ2n) is 4.11. The van der Waals surface area contributed by atoms with E-state index in [4.69, 9.17) is 0 Å². The van der Waals surface area contributed by atoms with Crippen molar-refractivity contribution >= 4 is 16.0 Å². The van der Waals surface area contributed by atoms with Crippen LogP contribution in [0.25, 0.3) is 0 Å². The highest BCUT2D eigenvalue weighted by Crippen LogP contribution is 2.16. The molecule has 0 aliphatic rings. The fraction of sp³-hybridized carbons (Fsp3) is 0.462. The van der Waals surface area contributed by atoms with Crippen LogP contribution < -0.4 is 5.11 Å². The van der Waals surface area contributed by atoms with Gasteiger partial charge in [0.2, 0.25) is 10.0 Å². The molecule has 0 aliphatic carbocycles. The van der Waals surface area contributed by atoms with Crippen LogP contribution in [0, 0.1) is 0 Å². The van der Waals surface area contributed by atoms with Crippen LogP contribution in [-0.2, 0) is 21.2 Å². The SMILES string of the molecule is CCN(CC)S(=O)(=O)c1ccc(CCC(=O)[O-])cc1. The van der Waals surface area contributed by atoms with Gasteiger partial charge in [0, 0.05) is 19.1 Å². The molecule has 0 saturated heterocycles. The standard InChI is InChI=1S/C13H19NO4S/c1-3-14(4-2)19(17,18)12-8-5-11(6-9-12)7-10-13(15)16/h5-6,8-9H,3-4,7,10H2,1-2H3,(H,15,16)/p-1. The monoisotopic (exact) mass is 284 g/mol. The molecule has 6 heteroatoms. The van der Waals surface area contributed by atoms with Crippen molar-refractivity contribution in [2.24, 2.45) is 0 Å². The molecule has 0 aliphatic heterocycles. The Labute approximate surface area is 113 Å². The van der Waals surface area contributed by atoms with Gasteiger partial charge in [-0.2, -0.15) is 4.31 Å². The second-order valence-corrected chi connectivity index (χ2v) is 6.04. The average molecular weight is 284 g/mol. The molecule has 0 aromatic heterocycles. The summed E-state index contributed by atoms with van der Waals surface area (Å²) in [5.41, 5.74) is 0.780. The Morgan fingerprint density at radius 3 is 2.11 bits per heavy atom. The Bertz CT molecular complexity index is 518. The van der Waals surface area contributed by atoms with Crippen LogP contribution in [0.5, 0.6) is 0 Å². The van der Waals surface area contributed by atoms with E-state index in [9.17, 15) is 18.3 Å². The maximum Gasteiger partial charge on any atom is 0.243 e. The molecule has 5 nitrogen and oxygen atoms in total. The number of benzene rings is 1. The van der Waals surface area contributed by atoms with Gasteiger partial charge in [0.1, 0.15) is 0 Å². The number of aryl methyl sites for hydroxylation is 1. The third kappa shape index (κ3) is 4.04. The van der Waals surface area contributed by atoms with Crippen LogP contribution in [0.3, 0.4) is 0 Å². The van der Waals surface area contributed by atoms with Gasteiger partial charge >= 0.3 is 0 Å². The van der Waals surface area contributed by atoms with E-state index in [1.54, 1.807) is 26.0 Å². The molecular formula is C13H18NO4S-. The zero-order valence-electron chi connectivity index (χ0n) is 11.1. The molecule has 0 fully saturated rings. The smallest absolute Gasteiger partial charge is 0.243 e. The molecule has 0 radical (unpaired) electrons. The van der Waals surface area contributed by atoms with Crippen molar-refractivity contribution in [3.63, 3.8) is 0 Å². The van der Waals surface area contributed by atoms with Crippen molar-refractivity contribution in [2.45, 2.75) is 31.6 Å². The number of carbonyl (C=O) groups excluding carboxylic acids is 1. The lowest BCUT2D eigenvalue weighted by Gasteiger charge is -2.18. The van der Waals surface area contributed by atoms with Gasteiger partial charge < -0.3 is 9.90 Å². The quantitative estimate of drug-likeness (QED) is 0.726. The van der Waals surface area contributed by atoms with E-state index in [2.05, 4.69) is 0 Å². The first-order chi connectivity index (χ1) is 8.91. The Morgan fingerprint density at radius 2 is 1.68 bits per heavy atom. The van der Waals surface area contributed by atoms with Gasteiger partial charge in [0.25, 0.3) is 0 Å². The van der Waals surface area contributed by atoms with E-state index in [-0.39, 0.29) is 11.3 Å². The van der Waals surface area contributed by atoms with E-state index in [1.807, 2.05) is 0 Å². The van der Waals surface area contributed by atoms with E-state index in [0.29, 0.717) is 19.5 Å². The van der Waals surface area contributed by atoms with E-state index in [0.717, 1.165) is 5.56 Å². The molecular weight excluding hydrogens is 266 g/mol. The Hall–Kier alpha value is -1.40. The lowest BCUT2D eigenvalue weighted by Crippen LogP contribution is -2.30. The number of carboxylic acids is 1. The van der Waals surface area contributed by atoms with Crippen LogP contribution in [0.4, 0.5) is 0 Å². The Kier molecular flexibility index (Phi) is 5.50. The zero-order chi connectivity index (χ0) is 14.5. The first kappa shape index (κ1) is 15.7. The van der Waals surface area contributed by atoms with Crippen LogP contribution in [0.1, 0.15) is 25.8 Å². The number of aliphatic carboxylic acids is 1. The lowest BCUT2D eigenvalue weighted by molar-refractivity contribution is -0.305. The minimum Gasteiger partial charge on any atom is -0.550 e. The highest BCUT2D eigenvalue weighted by molar-refractivity contribution is 7.89. The fourth-order valence-corrected chi connectivity index (χ4v) is 3.25. The summed E-state index contributed by atoms with van der Waals surface area (Å²) in [6.45, 7) is 4.42. The van der Waals surface area contributed by atoms with Crippen molar-refractivity contribution < 1.29 is 18.3 Å². The lowest BCUT2D eigenvalue weighted by atomic mass is 10.1. The molecule has 0 amide bonds. The number of sulfonamides is 1. The third-order valence-corrected chi connectivity index (χ3v) is 4.95. The Balaban J connectivity index is 2.89. The van der Waals surface area contributed by atoms with E-state index >= 15 is 0 Å². The maximum absolute atomic E-state index is 12.2. The second kappa shape index (κ2) is 6.68. The van der Waals surface area contributed by atoms with Crippen LogP contribution in [0.15, 0.2) is 29.2 Å².